The lowest BCUT2D eigenvalue weighted by Crippen LogP contribution is -2.15. The van der Waals surface area contributed by atoms with Crippen molar-refractivity contribution >= 4 is 72.3 Å². The fraction of sp³-hybridized carbons (Fsp3) is 0. The standard InChI is InChI=1S/C12H4F6N2OS5/c13-5-3-19-2-1-4(5)12(21)20-6-7(22-14)9(24-16)11(26-18)10(25-17)8(6)23-15/h1-3H,(H,20,21). The van der Waals surface area contributed by atoms with E-state index in [1.54, 1.807) is 0 Å². The Hall–Kier alpha value is -0.830. The van der Waals surface area contributed by atoms with E-state index in [0.717, 1.165) is 18.5 Å². The number of hydrogen-bond acceptors (Lipinski definition) is 7. The van der Waals surface area contributed by atoms with E-state index in [1.807, 2.05) is 5.32 Å². The highest BCUT2D eigenvalue weighted by Gasteiger charge is 2.29. The molecule has 0 saturated heterocycles. The van der Waals surface area contributed by atoms with Gasteiger partial charge in [0, 0.05) is 6.20 Å². The number of aromatic nitrogens is 1. The molecule has 0 fully saturated rings. The van der Waals surface area contributed by atoms with Gasteiger partial charge >= 0.3 is 0 Å². The number of benzene rings is 1. The second-order valence-corrected chi connectivity index (χ2v) is 7.03. The highest BCUT2D eigenvalue weighted by Crippen LogP contribution is 2.54. The first-order chi connectivity index (χ1) is 12.5. The maximum atomic E-state index is 13.7. The topological polar surface area (TPSA) is 42.0 Å². The van der Waals surface area contributed by atoms with Crippen LogP contribution in [-0.4, -0.2) is 10.9 Å². The van der Waals surface area contributed by atoms with Gasteiger partial charge in [0.2, 0.25) is 0 Å². The maximum Gasteiger partial charge on any atom is 0.258 e. The van der Waals surface area contributed by atoms with Gasteiger partial charge in [0.25, 0.3) is 5.91 Å². The number of carbonyl (C=O) groups is 1. The summed E-state index contributed by atoms with van der Waals surface area (Å²) in [6, 6.07) is 0.997. The van der Waals surface area contributed by atoms with Gasteiger partial charge in [-0.25, -0.2) is 4.39 Å². The average molecular weight is 467 g/mol. The van der Waals surface area contributed by atoms with E-state index in [-0.39, 0.29) is 0 Å². The molecule has 0 aliphatic heterocycles. The Kier molecular flexibility index (Phi) is 8.19. The molecule has 3 nitrogen and oxygen atoms in total. The van der Waals surface area contributed by atoms with Gasteiger partial charge in [-0.15, -0.1) is 0 Å². The summed E-state index contributed by atoms with van der Waals surface area (Å²) in [6.07, 6.45) is 1.83. The van der Waals surface area contributed by atoms with Crippen LogP contribution in [0, 0.1) is 5.82 Å². The molecule has 140 valence electrons. The molecule has 2 rings (SSSR count). The molecule has 26 heavy (non-hydrogen) atoms. The normalized spacial score (nSPS) is 10.8. The molecule has 1 amide bonds. The average Bonchev–Trinajstić information content (AvgIpc) is 2.66. The zero-order chi connectivity index (χ0) is 19.3. The molecule has 2 aromatic rings. The number of pyridine rings is 1. The summed E-state index contributed by atoms with van der Waals surface area (Å²) in [5, 5.41) is 2.02. The number of hydrogen-bond donors (Lipinski definition) is 1. The molecule has 0 unspecified atom stereocenters. The van der Waals surface area contributed by atoms with Crippen molar-refractivity contribution < 1.29 is 28.6 Å². The van der Waals surface area contributed by atoms with Crippen LogP contribution in [0.15, 0.2) is 42.9 Å². The summed E-state index contributed by atoms with van der Waals surface area (Å²) in [6.45, 7) is 0. The van der Waals surface area contributed by atoms with Crippen molar-refractivity contribution in [2.45, 2.75) is 24.5 Å². The number of amides is 1. The minimum Gasteiger partial charge on any atom is -0.320 e. The summed E-state index contributed by atoms with van der Waals surface area (Å²) >= 11 is -3.04. The number of halogens is 6. The summed E-state index contributed by atoms with van der Waals surface area (Å²) in [4.78, 5) is 12.2. The van der Waals surface area contributed by atoms with Gasteiger partial charge in [-0.2, -0.15) is 19.4 Å². The molecular weight excluding hydrogens is 462 g/mol. The van der Waals surface area contributed by atoms with Crippen molar-refractivity contribution in [3.8, 4) is 0 Å². The van der Waals surface area contributed by atoms with Crippen molar-refractivity contribution in [2.24, 2.45) is 0 Å². The van der Waals surface area contributed by atoms with Crippen LogP contribution in [0.2, 0.25) is 0 Å². The van der Waals surface area contributed by atoms with Crippen LogP contribution >= 0.6 is 60.7 Å². The van der Waals surface area contributed by atoms with Crippen LogP contribution in [0.5, 0.6) is 0 Å². The lowest BCUT2D eigenvalue weighted by molar-refractivity contribution is 0.102. The van der Waals surface area contributed by atoms with E-state index in [2.05, 4.69) is 4.98 Å². The molecule has 1 N–H and O–H groups in total. The molecule has 1 aromatic heterocycles. The van der Waals surface area contributed by atoms with Crippen LogP contribution in [0.25, 0.3) is 0 Å². The number of nitrogens with one attached hydrogen (secondary N) is 1. The zero-order valence-electron chi connectivity index (χ0n) is 11.9. The number of rotatable bonds is 7. The molecule has 0 aliphatic rings. The molecule has 0 radical (unpaired) electrons. The van der Waals surface area contributed by atoms with Crippen molar-refractivity contribution in [3.63, 3.8) is 0 Å². The Morgan fingerprint density at radius 1 is 0.846 bits per heavy atom. The van der Waals surface area contributed by atoms with Gasteiger partial charge in [0.1, 0.15) is 0 Å². The number of nitrogens with zero attached hydrogens (tertiary/aromatic N) is 1. The number of anilines is 1. The SMILES string of the molecule is O=C(Nc1c(SF)c(SF)c(SF)c(SF)c1SF)c1ccncc1F. The molecule has 14 heteroatoms. The first kappa shape index (κ1) is 21.5. The van der Waals surface area contributed by atoms with Gasteiger partial charge in [-0.1, -0.05) is 0 Å². The van der Waals surface area contributed by atoms with Crippen LogP contribution in [-0.2, 0) is 0 Å². The second kappa shape index (κ2) is 9.92. The van der Waals surface area contributed by atoms with E-state index in [0.29, 0.717) is 0 Å². The van der Waals surface area contributed by atoms with Crippen LogP contribution in [0.4, 0.5) is 29.5 Å². The Morgan fingerprint density at radius 2 is 1.31 bits per heavy atom. The third-order valence-electron chi connectivity index (χ3n) is 2.92. The minimum absolute atomic E-state index is 0.516. The summed E-state index contributed by atoms with van der Waals surface area (Å²) in [5.74, 6) is -2.16. The second-order valence-electron chi connectivity index (χ2n) is 4.22. The van der Waals surface area contributed by atoms with Crippen molar-refractivity contribution in [3.05, 3.63) is 29.8 Å². The first-order valence-electron chi connectivity index (χ1n) is 6.11. The highest BCUT2D eigenvalue weighted by atomic mass is 32.2. The van der Waals surface area contributed by atoms with E-state index >= 15 is 0 Å². The highest BCUT2D eigenvalue weighted by molar-refractivity contribution is 8.00. The fourth-order valence-corrected chi connectivity index (χ4v) is 4.70. The Morgan fingerprint density at radius 3 is 1.73 bits per heavy atom. The summed E-state index contributed by atoms with van der Waals surface area (Å²) in [7, 11) is 0. The lowest BCUT2D eigenvalue weighted by Gasteiger charge is -2.18. The summed E-state index contributed by atoms with van der Waals surface area (Å²) < 4.78 is 80.0. The molecule has 0 bridgehead atoms. The Balaban J connectivity index is 2.66. The predicted octanol–water partition coefficient (Wildman–Crippen LogP) is 7.36. The largest absolute Gasteiger partial charge is 0.320 e. The fourth-order valence-electron chi connectivity index (χ4n) is 1.85. The van der Waals surface area contributed by atoms with Gasteiger partial charge in [-0.3, -0.25) is 9.78 Å². The first-order valence-corrected chi connectivity index (χ1v) is 9.70. The van der Waals surface area contributed by atoms with Crippen LogP contribution in [0.1, 0.15) is 10.4 Å². The molecular formula is C12H4F6N2OS5. The number of carbonyl (C=O) groups excluding carboxylic acids is 1. The Bertz CT molecular complexity index is 794. The van der Waals surface area contributed by atoms with Gasteiger partial charge in [-0.05, 0) is 6.07 Å². The molecule has 0 saturated carbocycles. The third-order valence-corrected chi connectivity index (χ3v) is 6.25. The van der Waals surface area contributed by atoms with E-state index < -0.39 is 108 Å². The zero-order valence-corrected chi connectivity index (χ0v) is 16.0. The molecule has 0 aliphatic carbocycles. The maximum absolute atomic E-state index is 13.7. The molecule has 1 heterocycles. The van der Waals surface area contributed by atoms with E-state index in [1.165, 1.54) is 0 Å². The molecule has 1 aromatic carbocycles. The quantitative estimate of drug-likeness (QED) is 0.428. The van der Waals surface area contributed by atoms with Crippen molar-refractivity contribution in [1.29, 1.82) is 0 Å². The summed E-state index contributed by atoms with van der Waals surface area (Å²) in [5.41, 5.74) is -1.17. The lowest BCUT2D eigenvalue weighted by atomic mass is 10.2. The monoisotopic (exact) mass is 466 g/mol. The van der Waals surface area contributed by atoms with E-state index in [9.17, 15) is 28.6 Å². The van der Waals surface area contributed by atoms with Crippen molar-refractivity contribution in [1.82, 2.24) is 4.98 Å². The van der Waals surface area contributed by atoms with E-state index in [4.69, 9.17) is 0 Å². The molecule has 0 spiro atoms. The van der Waals surface area contributed by atoms with Crippen LogP contribution in [0.3, 0.4) is 0 Å². The van der Waals surface area contributed by atoms with Gasteiger partial charge in [0.05, 0.1) is 103 Å². The Labute approximate surface area is 165 Å². The van der Waals surface area contributed by atoms with Crippen LogP contribution < -0.4 is 5.32 Å². The molecule has 0 atom stereocenters. The third kappa shape index (κ3) is 4.18. The van der Waals surface area contributed by atoms with Gasteiger partial charge in [0.15, 0.2) is 5.82 Å². The van der Waals surface area contributed by atoms with Crippen molar-refractivity contribution in [2.75, 3.05) is 5.32 Å². The predicted molar refractivity (Wildman–Crippen MR) is 93.4 cm³/mol. The van der Waals surface area contributed by atoms with Gasteiger partial charge < -0.3 is 5.32 Å². The minimum atomic E-state index is -1.14. The smallest absolute Gasteiger partial charge is 0.258 e.